The zero-order valence-electron chi connectivity index (χ0n) is 9.45. The summed E-state index contributed by atoms with van der Waals surface area (Å²) in [5.41, 5.74) is 1.38. The van der Waals surface area contributed by atoms with Crippen molar-refractivity contribution < 1.29 is 4.79 Å². The third-order valence-electron chi connectivity index (χ3n) is 2.30. The quantitative estimate of drug-likeness (QED) is 0.919. The molecule has 1 heterocycles. The molecule has 18 heavy (non-hydrogen) atoms. The topological polar surface area (TPSA) is 54.9 Å². The number of aryl methyl sites for hydroxylation is 1. The number of aromatic nitrogens is 2. The van der Waals surface area contributed by atoms with Crippen molar-refractivity contribution in [2.75, 3.05) is 5.32 Å². The van der Waals surface area contributed by atoms with Gasteiger partial charge in [0, 0.05) is 10.6 Å². The lowest BCUT2D eigenvalue weighted by atomic mass is 10.1. The second-order valence-electron chi connectivity index (χ2n) is 3.64. The van der Waals surface area contributed by atoms with Crippen molar-refractivity contribution in [2.24, 2.45) is 0 Å². The van der Waals surface area contributed by atoms with Crippen LogP contribution in [0.5, 0.6) is 0 Å². The third-order valence-corrected chi connectivity index (χ3v) is 2.90. The van der Waals surface area contributed by atoms with Crippen LogP contribution >= 0.6 is 23.2 Å². The minimum atomic E-state index is -0.298. The molecule has 1 amide bonds. The summed E-state index contributed by atoms with van der Waals surface area (Å²) in [4.78, 5) is 19.6. The third kappa shape index (κ3) is 2.97. The highest BCUT2D eigenvalue weighted by atomic mass is 35.5. The van der Waals surface area contributed by atoms with Crippen LogP contribution in [-0.4, -0.2) is 15.9 Å². The van der Waals surface area contributed by atoms with Gasteiger partial charge < -0.3 is 5.32 Å². The fourth-order valence-electron chi connectivity index (χ4n) is 1.30. The second-order valence-corrected chi connectivity index (χ2v) is 4.44. The molecule has 0 atom stereocenters. The number of carbonyl (C=O) groups excluding carboxylic acids is 1. The van der Waals surface area contributed by atoms with Gasteiger partial charge >= 0.3 is 0 Å². The number of nitrogens with zero attached hydrogens (tertiary/aromatic N) is 2. The summed E-state index contributed by atoms with van der Waals surface area (Å²) in [5.74, 6) is 0.0367. The minimum absolute atomic E-state index is 0.270. The molecule has 0 spiro atoms. The van der Waals surface area contributed by atoms with E-state index in [0.29, 0.717) is 16.4 Å². The van der Waals surface area contributed by atoms with E-state index < -0.39 is 0 Å². The summed E-state index contributed by atoms with van der Waals surface area (Å²) >= 11 is 11.6. The van der Waals surface area contributed by atoms with Crippen molar-refractivity contribution in [1.82, 2.24) is 9.97 Å². The Bertz CT molecular complexity index is 584. The molecule has 6 heteroatoms. The number of halogens is 2. The van der Waals surface area contributed by atoms with Crippen molar-refractivity contribution >= 4 is 34.9 Å². The van der Waals surface area contributed by atoms with Crippen LogP contribution in [0.3, 0.4) is 0 Å². The lowest BCUT2D eigenvalue weighted by molar-refractivity contribution is 0.102. The number of carbonyl (C=O) groups is 1. The molecule has 1 aromatic heterocycles. The first-order valence-corrected chi connectivity index (χ1v) is 5.87. The highest BCUT2D eigenvalue weighted by Gasteiger charge is 2.08. The maximum atomic E-state index is 11.9. The fourth-order valence-corrected chi connectivity index (χ4v) is 1.58. The van der Waals surface area contributed by atoms with Crippen molar-refractivity contribution in [3.8, 4) is 0 Å². The number of amides is 1. The SMILES string of the molecule is Cc1ccc(C(=O)Nc2cnc(Cl)cn2)cc1Cl. The molecule has 0 unspecified atom stereocenters. The Hall–Kier alpha value is -1.65. The van der Waals surface area contributed by atoms with Gasteiger partial charge in [-0.1, -0.05) is 29.3 Å². The average Bonchev–Trinajstić information content (AvgIpc) is 2.35. The first-order chi connectivity index (χ1) is 8.56. The monoisotopic (exact) mass is 281 g/mol. The predicted molar refractivity (Wildman–Crippen MR) is 71.2 cm³/mol. The molecule has 0 bridgehead atoms. The molecule has 1 aromatic carbocycles. The van der Waals surface area contributed by atoms with Gasteiger partial charge in [-0.3, -0.25) is 4.79 Å². The number of hydrogen-bond donors (Lipinski definition) is 1. The van der Waals surface area contributed by atoms with E-state index >= 15 is 0 Å². The van der Waals surface area contributed by atoms with Gasteiger partial charge in [-0.25, -0.2) is 9.97 Å². The smallest absolute Gasteiger partial charge is 0.256 e. The van der Waals surface area contributed by atoms with Gasteiger partial charge in [0.1, 0.15) is 5.15 Å². The molecule has 4 nitrogen and oxygen atoms in total. The van der Waals surface area contributed by atoms with E-state index in [1.54, 1.807) is 18.2 Å². The molecular weight excluding hydrogens is 273 g/mol. The maximum Gasteiger partial charge on any atom is 0.256 e. The lowest BCUT2D eigenvalue weighted by Gasteiger charge is -2.05. The summed E-state index contributed by atoms with van der Waals surface area (Å²) in [5, 5.41) is 3.42. The van der Waals surface area contributed by atoms with Crippen LogP contribution in [0.25, 0.3) is 0 Å². The van der Waals surface area contributed by atoms with E-state index in [1.165, 1.54) is 12.4 Å². The van der Waals surface area contributed by atoms with Gasteiger partial charge in [-0.2, -0.15) is 0 Å². The van der Waals surface area contributed by atoms with E-state index in [1.807, 2.05) is 6.92 Å². The molecule has 0 radical (unpaired) electrons. The Morgan fingerprint density at radius 2 is 2.00 bits per heavy atom. The van der Waals surface area contributed by atoms with Crippen LogP contribution in [0.1, 0.15) is 15.9 Å². The Morgan fingerprint density at radius 1 is 1.22 bits per heavy atom. The summed E-state index contributed by atoms with van der Waals surface area (Å²) in [6, 6.07) is 5.08. The number of nitrogens with one attached hydrogen (secondary N) is 1. The number of rotatable bonds is 2. The number of benzene rings is 1. The Morgan fingerprint density at radius 3 is 2.61 bits per heavy atom. The Balaban J connectivity index is 2.16. The molecule has 1 N–H and O–H groups in total. The minimum Gasteiger partial charge on any atom is -0.305 e. The van der Waals surface area contributed by atoms with Gasteiger partial charge in [0.15, 0.2) is 5.82 Å². The van der Waals surface area contributed by atoms with Gasteiger partial charge in [-0.15, -0.1) is 0 Å². The molecule has 0 fully saturated rings. The molecule has 0 saturated heterocycles. The predicted octanol–water partition coefficient (Wildman–Crippen LogP) is 3.34. The molecule has 0 saturated carbocycles. The molecule has 2 rings (SSSR count). The average molecular weight is 282 g/mol. The van der Waals surface area contributed by atoms with Crippen molar-refractivity contribution in [3.05, 3.63) is 51.9 Å². The fraction of sp³-hybridized carbons (Fsp3) is 0.0833. The van der Waals surface area contributed by atoms with Crippen molar-refractivity contribution in [2.45, 2.75) is 6.92 Å². The number of anilines is 1. The largest absolute Gasteiger partial charge is 0.305 e. The van der Waals surface area contributed by atoms with Crippen LogP contribution in [0.2, 0.25) is 10.2 Å². The van der Waals surface area contributed by atoms with Crippen molar-refractivity contribution in [3.63, 3.8) is 0 Å². The summed E-state index contributed by atoms with van der Waals surface area (Å²) in [7, 11) is 0. The molecule has 0 aliphatic heterocycles. The number of hydrogen-bond acceptors (Lipinski definition) is 3. The van der Waals surface area contributed by atoms with Crippen LogP contribution in [0.4, 0.5) is 5.82 Å². The normalized spacial score (nSPS) is 10.2. The molecule has 0 aliphatic rings. The highest BCUT2D eigenvalue weighted by Crippen LogP contribution is 2.17. The summed E-state index contributed by atoms with van der Waals surface area (Å²) in [6.07, 6.45) is 2.75. The van der Waals surface area contributed by atoms with Crippen molar-refractivity contribution in [1.29, 1.82) is 0 Å². The Labute approximate surface area is 114 Å². The summed E-state index contributed by atoms with van der Waals surface area (Å²) < 4.78 is 0. The maximum absolute atomic E-state index is 11.9. The van der Waals surface area contributed by atoms with Gasteiger partial charge in [0.2, 0.25) is 0 Å². The van der Waals surface area contributed by atoms with Gasteiger partial charge in [-0.05, 0) is 24.6 Å². The molecule has 2 aromatic rings. The van der Waals surface area contributed by atoms with Gasteiger partial charge in [0.25, 0.3) is 5.91 Å². The first-order valence-electron chi connectivity index (χ1n) is 5.11. The van der Waals surface area contributed by atoms with E-state index in [-0.39, 0.29) is 11.1 Å². The van der Waals surface area contributed by atoms with E-state index in [2.05, 4.69) is 15.3 Å². The molecule has 0 aliphatic carbocycles. The van der Waals surface area contributed by atoms with Crippen LogP contribution in [0, 0.1) is 6.92 Å². The molecular formula is C12H9Cl2N3O. The standard InChI is InChI=1S/C12H9Cl2N3O/c1-7-2-3-8(4-9(7)13)12(18)17-11-6-15-10(14)5-16-11/h2-6H,1H3,(H,16,17,18). The van der Waals surface area contributed by atoms with Crippen LogP contribution in [-0.2, 0) is 0 Å². The van der Waals surface area contributed by atoms with Crippen LogP contribution in [0.15, 0.2) is 30.6 Å². The first kappa shape index (κ1) is 12.8. The highest BCUT2D eigenvalue weighted by molar-refractivity contribution is 6.31. The lowest BCUT2D eigenvalue weighted by Crippen LogP contribution is -2.13. The second kappa shape index (κ2) is 5.33. The zero-order chi connectivity index (χ0) is 13.1. The Kier molecular flexibility index (Phi) is 3.79. The van der Waals surface area contributed by atoms with Gasteiger partial charge in [0.05, 0.1) is 12.4 Å². The zero-order valence-corrected chi connectivity index (χ0v) is 11.0. The summed E-state index contributed by atoms with van der Waals surface area (Å²) in [6.45, 7) is 1.87. The van der Waals surface area contributed by atoms with E-state index in [0.717, 1.165) is 5.56 Å². The molecule has 92 valence electrons. The van der Waals surface area contributed by atoms with E-state index in [4.69, 9.17) is 23.2 Å². The van der Waals surface area contributed by atoms with E-state index in [9.17, 15) is 4.79 Å². The van der Waals surface area contributed by atoms with Crippen LogP contribution < -0.4 is 5.32 Å².